The lowest BCUT2D eigenvalue weighted by Gasteiger charge is -2.31. The molecule has 1 aliphatic rings. The van der Waals surface area contributed by atoms with E-state index in [1.807, 2.05) is 13.8 Å². The van der Waals surface area contributed by atoms with Crippen LogP contribution in [0, 0.1) is 11.3 Å². The van der Waals surface area contributed by atoms with Crippen LogP contribution in [0.25, 0.3) is 0 Å². The Kier molecular flexibility index (Phi) is 4.06. The number of hydrogen-bond acceptors (Lipinski definition) is 2. The van der Waals surface area contributed by atoms with Crippen molar-refractivity contribution in [2.45, 2.75) is 59.3 Å². The van der Waals surface area contributed by atoms with Gasteiger partial charge in [0.25, 0.3) is 0 Å². The van der Waals surface area contributed by atoms with Crippen LogP contribution in [-0.4, -0.2) is 11.6 Å². The molecule has 0 spiro atoms. The summed E-state index contributed by atoms with van der Waals surface area (Å²) in [5.74, 6) is 0.0734. The van der Waals surface area contributed by atoms with Gasteiger partial charge in [-0.15, -0.1) is 0 Å². The van der Waals surface area contributed by atoms with Crippen LogP contribution in [0.1, 0.15) is 59.3 Å². The van der Waals surface area contributed by atoms with Crippen LogP contribution in [0.3, 0.4) is 0 Å². The van der Waals surface area contributed by atoms with E-state index in [4.69, 9.17) is 0 Å². The molecule has 0 saturated heterocycles. The third-order valence-corrected chi connectivity index (χ3v) is 3.18. The van der Waals surface area contributed by atoms with Gasteiger partial charge in [-0.05, 0) is 11.8 Å². The van der Waals surface area contributed by atoms with Crippen LogP contribution in [0.5, 0.6) is 0 Å². The molecule has 1 aliphatic carbocycles. The van der Waals surface area contributed by atoms with Crippen molar-refractivity contribution in [1.29, 1.82) is 0 Å². The van der Waals surface area contributed by atoms with Gasteiger partial charge in [0.1, 0.15) is 11.6 Å². The first-order chi connectivity index (χ1) is 6.96. The molecule has 15 heavy (non-hydrogen) atoms. The summed E-state index contributed by atoms with van der Waals surface area (Å²) >= 11 is 0. The van der Waals surface area contributed by atoms with Gasteiger partial charge in [-0.3, -0.25) is 9.59 Å². The van der Waals surface area contributed by atoms with Crippen molar-refractivity contribution in [3.8, 4) is 0 Å². The molecule has 1 saturated carbocycles. The number of carbonyl (C=O) groups excluding carboxylic acids is 2. The molecule has 0 aromatic rings. The molecule has 2 nitrogen and oxygen atoms in total. The highest BCUT2D eigenvalue weighted by molar-refractivity contribution is 6.05. The van der Waals surface area contributed by atoms with Gasteiger partial charge in [-0.1, -0.05) is 40.0 Å². The van der Waals surface area contributed by atoms with Crippen molar-refractivity contribution in [2.75, 3.05) is 0 Å². The first-order valence-electron chi connectivity index (χ1n) is 6.02. The summed E-state index contributed by atoms with van der Waals surface area (Å²) in [7, 11) is 0. The average molecular weight is 210 g/mol. The normalized spacial score (nSPS) is 22.1. The van der Waals surface area contributed by atoms with Gasteiger partial charge in [-0.25, -0.2) is 0 Å². The third kappa shape index (κ3) is 3.44. The van der Waals surface area contributed by atoms with E-state index in [0.29, 0.717) is 12.8 Å². The Bertz CT molecular complexity index is 233. The summed E-state index contributed by atoms with van der Waals surface area (Å²) in [6.07, 6.45) is 5.22. The molecule has 0 bridgehead atoms. The Hall–Kier alpha value is -0.660. The summed E-state index contributed by atoms with van der Waals surface area (Å²) in [5.41, 5.74) is -0.102. The Morgan fingerprint density at radius 1 is 1.13 bits per heavy atom. The maximum atomic E-state index is 11.8. The number of rotatable bonds is 4. The fraction of sp³-hybridized carbons (Fsp3) is 0.846. The molecule has 1 rings (SSSR count). The van der Waals surface area contributed by atoms with Crippen LogP contribution in [0.2, 0.25) is 0 Å². The third-order valence-electron chi connectivity index (χ3n) is 3.18. The maximum Gasteiger partial charge on any atom is 0.143 e. The van der Waals surface area contributed by atoms with Crippen molar-refractivity contribution in [2.24, 2.45) is 11.3 Å². The van der Waals surface area contributed by atoms with Gasteiger partial charge >= 0.3 is 0 Å². The molecule has 0 heterocycles. The molecule has 86 valence electrons. The summed E-state index contributed by atoms with van der Waals surface area (Å²) in [6.45, 7) is 6.14. The standard InChI is InChI=1S/C13H22O2/c1-4-5-6-7-10-11(14)8-13(2,3)9-12(10)15/h10H,4-9H2,1-3H3. The molecule has 0 aromatic heterocycles. The van der Waals surface area contributed by atoms with E-state index in [0.717, 1.165) is 25.7 Å². The highest BCUT2D eigenvalue weighted by atomic mass is 16.2. The summed E-state index contributed by atoms with van der Waals surface area (Å²) in [5, 5.41) is 0. The first kappa shape index (κ1) is 12.4. The van der Waals surface area contributed by atoms with Crippen molar-refractivity contribution >= 4 is 11.6 Å². The van der Waals surface area contributed by atoms with Crippen LogP contribution in [0.15, 0.2) is 0 Å². The molecule has 0 atom stereocenters. The number of unbranched alkanes of at least 4 members (excludes halogenated alkanes) is 2. The van der Waals surface area contributed by atoms with Gasteiger partial charge < -0.3 is 0 Å². The van der Waals surface area contributed by atoms with E-state index >= 15 is 0 Å². The SMILES string of the molecule is CCCCCC1C(=O)CC(C)(C)CC1=O. The van der Waals surface area contributed by atoms with Crippen LogP contribution < -0.4 is 0 Å². The van der Waals surface area contributed by atoms with Gasteiger partial charge in [0.2, 0.25) is 0 Å². The molecule has 1 fully saturated rings. The lowest BCUT2D eigenvalue weighted by molar-refractivity contribution is -0.139. The highest BCUT2D eigenvalue weighted by Gasteiger charge is 2.38. The summed E-state index contributed by atoms with van der Waals surface area (Å²) < 4.78 is 0. The van der Waals surface area contributed by atoms with Gasteiger partial charge in [0.05, 0.1) is 5.92 Å². The number of ketones is 2. The number of Topliss-reactive ketones (excluding diaryl/α,β-unsaturated/α-hetero) is 2. The molecule has 0 radical (unpaired) electrons. The second kappa shape index (κ2) is 4.91. The predicted octanol–water partition coefficient (Wildman–Crippen LogP) is 3.14. The molecule has 0 amide bonds. The summed E-state index contributed by atoms with van der Waals surface area (Å²) in [6, 6.07) is 0. The lowest BCUT2D eigenvalue weighted by Crippen LogP contribution is -2.37. The largest absolute Gasteiger partial charge is 0.299 e. The van der Waals surface area contributed by atoms with Crippen molar-refractivity contribution in [3.05, 3.63) is 0 Å². The van der Waals surface area contributed by atoms with Crippen LogP contribution in [-0.2, 0) is 9.59 Å². The Labute approximate surface area is 92.4 Å². The van der Waals surface area contributed by atoms with Crippen molar-refractivity contribution in [3.63, 3.8) is 0 Å². The molecule has 0 unspecified atom stereocenters. The quantitative estimate of drug-likeness (QED) is 0.527. The molecular formula is C13H22O2. The second-order valence-corrected chi connectivity index (χ2v) is 5.50. The minimum atomic E-state index is -0.274. The smallest absolute Gasteiger partial charge is 0.143 e. The van der Waals surface area contributed by atoms with E-state index in [-0.39, 0.29) is 22.9 Å². The Morgan fingerprint density at radius 3 is 2.13 bits per heavy atom. The minimum absolute atomic E-state index is 0.102. The van der Waals surface area contributed by atoms with Gasteiger partial charge in [0, 0.05) is 12.8 Å². The van der Waals surface area contributed by atoms with Crippen LogP contribution in [0.4, 0.5) is 0 Å². The molecule has 0 aliphatic heterocycles. The molecule has 0 N–H and O–H groups in total. The zero-order chi connectivity index (χ0) is 11.5. The molecular weight excluding hydrogens is 188 g/mol. The fourth-order valence-corrected chi connectivity index (χ4v) is 2.35. The molecule has 2 heteroatoms. The lowest BCUT2D eigenvalue weighted by atomic mass is 9.70. The predicted molar refractivity (Wildman–Crippen MR) is 60.7 cm³/mol. The zero-order valence-corrected chi connectivity index (χ0v) is 10.1. The van der Waals surface area contributed by atoms with E-state index in [9.17, 15) is 9.59 Å². The van der Waals surface area contributed by atoms with Crippen molar-refractivity contribution in [1.82, 2.24) is 0 Å². The first-order valence-corrected chi connectivity index (χ1v) is 6.02. The number of hydrogen-bond donors (Lipinski definition) is 0. The van der Waals surface area contributed by atoms with E-state index in [1.165, 1.54) is 0 Å². The second-order valence-electron chi connectivity index (χ2n) is 5.50. The average Bonchev–Trinajstić information content (AvgIpc) is 2.08. The summed E-state index contributed by atoms with van der Waals surface area (Å²) in [4.78, 5) is 23.6. The monoisotopic (exact) mass is 210 g/mol. The topological polar surface area (TPSA) is 34.1 Å². The van der Waals surface area contributed by atoms with Gasteiger partial charge in [0.15, 0.2) is 0 Å². The van der Waals surface area contributed by atoms with E-state index in [1.54, 1.807) is 0 Å². The maximum absolute atomic E-state index is 11.8. The zero-order valence-electron chi connectivity index (χ0n) is 10.1. The van der Waals surface area contributed by atoms with Crippen molar-refractivity contribution < 1.29 is 9.59 Å². The van der Waals surface area contributed by atoms with Crippen LogP contribution >= 0.6 is 0 Å². The minimum Gasteiger partial charge on any atom is -0.299 e. The highest BCUT2D eigenvalue weighted by Crippen LogP contribution is 2.35. The number of carbonyl (C=O) groups is 2. The Morgan fingerprint density at radius 2 is 1.67 bits per heavy atom. The van der Waals surface area contributed by atoms with Gasteiger partial charge in [-0.2, -0.15) is 0 Å². The molecule has 0 aromatic carbocycles. The fourth-order valence-electron chi connectivity index (χ4n) is 2.35. The van der Waals surface area contributed by atoms with E-state index < -0.39 is 0 Å². The van der Waals surface area contributed by atoms with E-state index in [2.05, 4.69) is 6.92 Å². The Balaban J connectivity index is 2.52.